The van der Waals surface area contributed by atoms with Gasteiger partial charge in [-0.1, -0.05) is 24.3 Å². The predicted octanol–water partition coefficient (Wildman–Crippen LogP) is 2.32. The Labute approximate surface area is 152 Å². The summed E-state index contributed by atoms with van der Waals surface area (Å²) in [5, 5.41) is 8.97. The maximum atomic E-state index is 13.9. The number of halogens is 1. The van der Waals surface area contributed by atoms with E-state index in [4.69, 9.17) is 14.6 Å². The number of aliphatic hydroxyl groups excluding tert-OH is 1. The summed E-state index contributed by atoms with van der Waals surface area (Å²) >= 11 is 0. The molecule has 0 aromatic heterocycles. The molecule has 0 fully saturated rings. The van der Waals surface area contributed by atoms with Crippen molar-refractivity contribution in [1.82, 2.24) is 4.31 Å². The third-order valence-corrected chi connectivity index (χ3v) is 5.64. The molecular weight excluding hydrogens is 361 g/mol. The average molecular weight is 383 g/mol. The van der Waals surface area contributed by atoms with Crippen LogP contribution in [0.4, 0.5) is 4.39 Å². The van der Waals surface area contributed by atoms with Crippen molar-refractivity contribution in [1.29, 1.82) is 0 Å². The quantitative estimate of drug-likeness (QED) is 0.719. The summed E-state index contributed by atoms with van der Waals surface area (Å²) in [7, 11) is -1.26. The fourth-order valence-corrected chi connectivity index (χ4v) is 3.53. The second kappa shape index (κ2) is 8.98. The highest BCUT2D eigenvalue weighted by molar-refractivity contribution is 7.89. The van der Waals surface area contributed by atoms with Gasteiger partial charge in [-0.15, -0.1) is 0 Å². The molecule has 0 bridgehead atoms. The van der Waals surface area contributed by atoms with Crippen LogP contribution in [0.1, 0.15) is 11.1 Å². The fourth-order valence-electron chi connectivity index (χ4n) is 2.36. The molecule has 2 rings (SSSR count). The maximum absolute atomic E-state index is 13.9. The van der Waals surface area contributed by atoms with E-state index in [9.17, 15) is 12.8 Å². The van der Waals surface area contributed by atoms with Crippen LogP contribution in [0, 0.1) is 0 Å². The number of nitrogens with zero attached hydrogens (tertiary/aromatic N) is 1. The average Bonchev–Trinajstić information content (AvgIpc) is 2.67. The van der Waals surface area contributed by atoms with Crippen LogP contribution >= 0.6 is 0 Å². The predicted molar refractivity (Wildman–Crippen MR) is 96.1 cm³/mol. The van der Waals surface area contributed by atoms with Gasteiger partial charge in [-0.25, -0.2) is 12.8 Å². The zero-order chi connectivity index (χ0) is 19.2. The fraction of sp³-hybridized carbons (Fsp3) is 0.333. The van der Waals surface area contributed by atoms with Crippen LogP contribution in [-0.2, 0) is 23.1 Å². The highest BCUT2D eigenvalue weighted by Gasteiger charge is 2.31. The van der Waals surface area contributed by atoms with E-state index in [0.717, 1.165) is 4.31 Å². The van der Waals surface area contributed by atoms with Gasteiger partial charge in [-0.05, 0) is 35.4 Å². The number of sulfonamides is 1. The topological polar surface area (TPSA) is 76.1 Å². The normalized spacial score (nSPS) is 12.8. The Morgan fingerprint density at radius 2 is 1.31 bits per heavy atom. The summed E-state index contributed by atoms with van der Waals surface area (Å²) in [6.07, 6.45) is 0. The highest BCUT2D eigenvalue weighted by Crippen LogP contribution is 2.21. The Kier molecular flexibility index (Phi) is 6.96. The molecule has 8 heteroatoms. The van der Waals surface area contributed by atoms with Crippen molar-refractivity contribution in [2.45, 2.75) is 18.6 Å². The first-order valence-electron chi connectivity index (χ1n) is 7.90. The van der Waals surface area contributed by atoms with Crippen LogP contribution < -0.4 is 9.47 Å². The molecule has 26 heavy (non-hydrogen) atoms. The summed E-state index contributed by atoms with van der Waals surface area (Å²) in [5.41, 5.74) is -1.03. The van der Waals surface area contributed by atoms with Gasteiger partial charge in [0.05, 0.1) is 20.8 Å². The molecule has 0 aliphatic heterocycles. The minimum atomic E-state index is -4.32. The standard InChI is InChI=1S/C18H22FNO5S/c1-24-16-7-3-14(4-8-16)11-20(26(22,23)18(19)13-21)12-15-5-9-17(25-2)10-6-15/h3-10,18,21H,11-13H2,1-2H3. The Bertz CT molecular complexity index is 744. The number of benzene rings is 2. The monoisotopic (exact) mass is 383 g/mol. The lowest BCUT2D eigenvalue weighted by atomic mass is 10.2. The molecule has 0 aliphatic rings. The summed E-state index contributed by atoms with van der Waals surface area (Å²) in [4.78, 5) is 0. The molecule has 0 radical (unpaired) electrons. The molecule has 6 nitrogen and oxygen atoms in total. The van der Waals surface area contributed by atoms with E-state index in [-0.39, 0.29) is 13.1 Å². The van der Waals surface area contributed by atoms with E-state index in [1.807, 2.05) is 0 Å². The molecule has 0 aliphatic carbocycles. The van der Waals surface area contributed by atoms with Gasteiger partial charge in [-0.3, -0.25) is 0 Å². The van der Waals surface area contributed by atoms with E-state index in [1.54, 1.807) is 48.5 Å². The first-order chi connectivity index (χ1) is 12.4. The van der Waals surface area contributed by atoms with E-state index < -0.39 is 22.1 Å². The van der Waals surface area contributed by atoms with Gasteiger partial charge in [0.25, 0.3) is 0 Å². The largest absolute Gasteiger partial charge is 0.497 e. The van der Waals surface area contributed by atoms with E-state index in [1.165, 1.54) is 14.2 Å². The van der Waals surface area contributed by atoms with Crippen LogP contribution in [0.5, 0.6) is 11.5 Å². The second-order valence-electron chi connectivity index (χ2n) is 5.60. The summed E-state index contributed by atoms with van der Waals surface area (Å²) < 4.78 is 50.0. The smallest absolute Gasteiger partial charge is 0.249 e. The number of ether oxygens (including phenoxy) is 2. The summed E-state index contributed by atoms with van der Waals surface area (Å²) in [6, 6.07) is 13.6. The van der Waals surface area contributed by atoms with Gasteiger partial charge in [0.2, 0.25) is 15.5 Å². The lowest BCUT2D eigenvalue weighted by molar-refractivity contribution is 0.216. The molecule has 0 heterocycles. The molecule has 0 saturated carbocycles. The van der Waals surface area contributed by atoms with Gasteiger partial charge in [-0.2, -0.15) is 4.31 Å². The van der Waals surface area contributed by atoms with Gasteiger partial charge in [0.15, 0.2) is 0 Å². The summed E-state index contributed by atoms with van der Waals surface area (Å²) in [5.74, 6) is 1.27. The molecule has 0 amide bonds. The van der Waals surface area contributed by atoms with Crippen LogP contribution in [0.25, 0.3) is 0 Å². The van der Waals surface area contributed by atoms with Crippen LogP contribution in [0.2, 0.25) is 0 Å². The Balaban J connectivity index is 2.28. The van der Waals surface area contributed by atoms with Crippen molar-refractivity contribution in [3.63, 3.8) is 0 Å². The van der Waals surface area contributed by atoms with Crippen LogP contribution in [-0.4, -0.2) is 44.2 Å². The Morgan fingerprint density at radius 1 is 0.923 bits per heavy atom. The van der Waals surface area contributed by atoms with Gasteiger partial charge < -0.3 is 14.6 Å². The lowest BCUT2D eigenvalue weighted by Crippen LogP contribution is -2.37. The van der Waals surface area contributed by atoms with Gasteiger partial charge in [0, 0.05) is 13.1 Å². The Hall–Kier alpha value is -2.16. The zero-order valence-corrected chi connectivity index (χ0v) is 15.4. The van der Waals surface area contributed by atoms with Crippen molar-refractivity contribution in [2.24, 2.45) is 0 Å². The molecule has 1 atom stereocenters. The van der Waals surface area contributed by atoms with Crippen molar-refractivity contribution in [3.05, 3.63) is 59.7 Å². The van der Waals surface area contributed by atoms with Crippen molar-refractivity contribution < 1.29 is 27.4 Å². The molecule has 1 unspecified atom stereocenters. The molecular formula is C18H22FNO5S. The number of aliphatic hydroxyl groups is 1. The zero-order valence-electron chi connectivity index (χ0n) is 14.6. The van der Waals surface area contributed by atoms with E-state index in [0.29, 0.717) is 22.6 Å². The number of methoxy groups -OCH3 is 2. The second-order valence-corrected chi connectivity index (χ2v) is 7.66. The third-order valence-electron chi connectivity index (χ3n) is 3.86. The minimum Gasteiger partial charge on any atom is -0.497 e. The minimum absolute atomic E-state index is 0.0290. The maximum Gasteiger partial charge on any atom is 0.249 e. The summed E-state index contributed by atoms with van der Waals surface area (Å²) in [6.45, 7) is -1.15. The van der Waals surface area contributed by atoms with Gasteiger partial charge in [0.1, 0.15) is 11.5 Å². The molecule has 142 valence electrons. The SMILES string of the molecule is COc1ccc(CN(Cc2ccc(OC)cc2)S(=O)(=O)C(F)CO)cc1. The first kappa shape index (κ1) is 20.2. The molecule has 1 N–H and O–H groups in total. The Morgan fingerprint density at radius 3 is 1.62 bits per heavy atom. The number of rotatable bonds is 9. The van der Waals surface area contributed by atoms with Gasteiger partial charge >= 0.3 is 0 Å². The third kappa shape index (κ3) is 4.94. The van der Waals surface area contributed by atoms with Crippen molar-refractivity contribution in [3.8, 4) is 11.5 Å². The lowest BCUT2D eigenvalue weighted by Gasteiger charge is -2.24. The number of hydrogen-bond donors (Lipinski definition) is 1. The molecule has 2 aromatic carbocycles. The number of hydrogen-bond acceptors (Lipinski definition) is 5. The first-order valence-corrected chi connectivity index (χ1v) is 9.40. The molecule has 0 saturated heterocycles. The van der Waals surface area contributed by atoms with Crippen LogP contribution in [0.15, 0.2) is 48.5 Å². The van der Waals surface area contributed by atoms with Crippen molar-refractivity contribution in [2.75, 3.05) is 20.8 Å². The molecule has 0 spiro atoms. The van der Waals surface area contributed by atoms with Crippen LogP contribution in [0.3, 0.4) is 0 Å². The highest BCUT2D eigenvalue weighted by atomic mass is 32.2. The van der Waals surface area contributed by atoms with E-state index in [2.05, 4.69) is 0 Å². The molecule has 2 aromatic rings. The van der Waals surface area contributed by atoms with Crippen molar-refractivity contribution >= 4 is 10.0 Å². The number of alkyl halides is 1. The van der Waals surface area contributed by atoms with E-state index >= 15 is 0 Å².